The van der Waals surface area contributed by atoms with E-state index < -0.39 is 0 Å². The van der Waals surface area contributed by atoms with E-state index in [1.807, 2.05) is 18.3 Å². The minimum Gasteiger partial charge on any atom is -0.261 e. The van der Waals surface area contributed by atoms with Crippen LogP contribution in [0.5, 0.6) is 0 Å². The van der Waals surface area contributed by atoms with Crippen LogP contribution in [0.1, 0.15) is 5.56 Å². The first-order valence-corrected chi connectivity index (χ1v) is 3.76. The van der Waals surface area contributed by atoms with Gasteiger partial charge in [0.05, 0.1) is 11.8 Å². The number of hydrogen-bond acceptors (Lipinski definition) is 2. The molecule has 0 aromatic carbocycles. The van der Waals surface area contributed by atoms with E-state index >= 15 is 0 Å². The molecule has 0 spiro atoms. The maximum Gasteiger partial charge on any atom is 0.109 e. The molecule has 2 aromatic heterocycles. The molecule has 13 heavy (non-hydrogen) atoms. The van der Waals surface area contributed by atoms with Crippen molar-refractivity contribution >= 4 is 17.9 Å². The van der Waals surface area contributed by atoms with Gasteiger partial charge in [-0.25, -0.2) is 4.52 Å². The van der Waals surface area contributed by atoms with Crippen LogP contribution in [-0.4, -0.2) is 16.3 Å². The van der Waals surface area contributed by atoms with E-state index in [0.29, 0.717) is 5.69 Å². The van der Waals surface area contributed by atoms with Crippen LogP contribution < -0.4 is 0 Å². The number of rotatable bonds is 1. The summed E-state index contributed by atoms with van der Waals surface area (Å²) in [4.78, 5) is 3.84. The zero-order valence-corrected chi connectivity index (χ0v) is 6.94. The SMILES string of the molecule is C#Cc1cccn2ncc(N=C)c12. The van der Waals surface area contributed by atoms with Crippen LogP contribution in [0.15, 0.2) is 29.5 Å². The minimum atomic E-state index is 0.716. The Hall–Kier alpha value is -2.08. The fourth-order valence-corrected chi connectivity index (χ4v) is 1.26. The maximum absolute atomic E-state index is 5.35. The highest BCUT2D eigenvalue weighted by Crippen LogP contribution is 2.21. The molecule has 0 unspecified atom stereocenters. The zero-order chi connectivity index (χ0) is 9.26. The maximum atomic E-state index is 5.35. The standard InChI is InChI=1S/C10H7N3/c1-3-8-5-4-6-13-10(8)9(11-2)7-12-13/h1,4-7H,2H2. The number of aliphatic imine (C=N–C) groups is 1. The Morgan fingerprint density at radius 2 is 2.46 bits per heavy atom. The summed E-state index contributed by atoms with van der Waals surface area (Å²) in [7, 11) is 0. The number of terminal acetylenes is 1. The second kappa shape index (κ2) is 2.76. The molecule has 2 heterocycles. The van der Waals surface area contributed by atoms with E-state index in [1.54, 1.807) is 10.7 Å². The average molecular weight is 169 g/mol. The predicted octanol–water partition coefficient (Wildman–Crippen LogP) is 1.65. The van der Waals surface area contributed by atoms with Crippen LogP contribution in [0.4, 0.5) is 5.69 Å². The van der Waals surface area contributed by atoms with Crippen molar-refractivity contribution in [3.63, 3.8) is 0 Å². The smallest absolute Gasteiger partial charge is 0.109 e. The van der Waals surface area contributed by atoms with Gasteiger partial charge in [-0.3, -0.25) is 4.99 Å². The highest BCUT2D eigenvalue weighted by atomic mass is 15.2. The molecule has 62 valence electrons. The van der Waals surface area contributed by atoms with Gasteiger partial charge in [0.15, 0.2) is 0 Å². The molecule has 0 radical (unpaired) electrons. The van der Waals surface area contributed by atoms with Gasteiger partial charge in [-0.15, -0.1) is 6.42 Å². The van der Waals surface area contributed by atoms with Crippen LogP contribution in [0.3, 0.4) is 0 Å². The van der Waals surface area contributed by atoms with Gasteiger partial charge < -0.3 is 0 Å². The van der Waals surface area contributed by atoms with E-state index in [1.165, 1.54) is 0 Å². The van der Waals surface area contributed by atoms with E-state index in [9.17, 15) is 0 Å². The van der Waals surface area contributed by atoms with Crippen molar-refractivity contribution in [3.8, 4) is 12.3 Å². The third kappa shape index (κ3) is 1.00. The van der Waals surface area contributed by atoms with E-state index in [4.69, 9.17) is 6.42 Å². The van der Waals surface area contributed by atoms with E-state index in [0.717, 1.165) is 11.1 Å². The van der Waals surface area contributed by atoms with Crippen molar-refractivity contribution in [2.24, 2.45) is 4.99 Å². The zero-order valence-electron chi connectivity index (χ0n) is 6.94. The highest BCUT2D eigenvalue weighted by Gasteiger charge is 2.04. The third-order valence-electron chi connectivity index (χ3n) is 1.85. The van der Waals surface area contributed by atoms with Gasteiger partial charge in [0.25, 0.3) is 0 Å². The fraction of sp³-hybridized carbons (Fsp3) is 0. The van der Waals surface area contributed by atoms with E-state index in [2.05, 4.69) is 22.7 Å². The van der Waals surface area contributed by atoms with Gasteiger partial charge >= 0.3 is 0 Å². The molecule has 0 aliphatic rings. The fourth-order valence-electron chi connectivity index (χ4n) is 1.26. The largest absolute Gasteiger partial charge is 0.261 e. The van der Waals surface area contributed by atoms with Crippen molar-refractivity contribution in [1.29, 1.82) is 0 Å². The van der Waals surface area contributed by atoms with Crippen LogP contribution in [0, 0.1) is 12.3 Å². The summed E-state index contributed by atoms with van der Waals surface area (Å²) in [6.07, 6.45) is 8.81. The van der Waals surface area contributed by atoms with Crippen molar-refractivity contribution in [3.05, 3.63) is 30.1 Å². The number of pyridine rings is 1. The molecule has 0 N–H and O–H groups in total. The van der Waals surface area contributed by atoms with Gasteiger partial charge in [0.2, 0.25) is 0 Å². The van der Waals surface area contributed by atoms with Crippen molar-refractivity contribution in [2.45, 2.75) is 0 Å². The van der Waals surface area contributed by atoms with Gasteiger partial charge in [0.1, 0.15) is 11.2 Å². The van der Waals surface area contributed by atoms with Crippen molar-refractivity contribution in [2.75, 3.05) is 0 Å². The molecule has 0 atom stereocenters. The summed E-state index contributed by atoms with van der Waals surface area (Å²) in [5.41, 5.74) is 2.33. The molecule has 0 saturated heterocycles. The lowest BCUT2D eigenvalue weighted by molar-refractivity contribution is 0.959. The quantitative estimate of drug-likeness (QED) is 0.471. The summed E-state index contributed by atoms with van der Waals surface area (Å²) >= 11 is 0. The van der Waals surface area contributed by atoms with Gasteiger partial charge in [0, 0.05) is 6.20 Å². The molecule has 0 fully saturated rings. The number of aromatic nitrogens is 2. The van der Waals surface area contributed by atoms with Gasteiger partial charge in [-0.2, -0.15) is 5.10 Å². The molecule has 0 aliphatic carbocycles. The average Bonchev–Trinajstić information content (AvgIpc) is 2.60. The molecule has 0 aliphatic heterocycles. The van der Waals surface area contributed by atoms with Gasteiger partial charge in [-0.1, -0.05) is 5.92 Å². The lowest BCUT2D eigenvalue weighted by atomic mass is 10.2. The van der Waals surface area contributed by atoms with Crippen molar-refractivity contribution < 1.29 is 0 Å². The molecule has 0 amide bonds. The molecule has 2 aromatic rings. The van der Waals surface area contributed by atoms with Crippen LogP contribution >= 0.6 is 0 Å². The second-order valence-electron chi connectivity index (χ2n) is 2.55. The number of nitrogens with zero attached hydrogens (tertiary/aromatic N) is 3. The molecule has 0 bridgehead atoms. The molecular weight excluding hydrogens is 162 g/mol. The lowest BCUT2D eigenvalue weighted by Crippen LogP contribution is -1.87. The minimum absolute atomic E-state index is 0.716. The first-order valence-electron chi connectivity index (χ1n) is 3.76. The van der Waals surface area contributed by atoms with Crippen LogP contribution in [-0.2, 0) is 0 Å². The third-order valence-corrected chi connectivity index (χ3v) is 1.85. The molecule has 3 nitrogen and oxygen atoms in total. The first-order chi connectivity index (χ1) is 6.36. The molecule has 3 heteroatoms. The van der Waals surface area contributed by atoms with Gasteiger partial charge in [-0.05, 0) is 18.9 Å². The topological polar surface area (TPSA) is 29.7 Å². The van der Waals surface area contributed by atoms with Crippen molar-refractivity contribution in [1.82, 2.24) is 9.61 Å². The Labute approximate surface area is 75.7 Å². The summed E-state index contributed by atoms with van der Waals surface area (Å²) in [6.45, 7) is 3.46. The van der Waals surface area contributed by atoms with Crippen LogP contribution in [0.2, 0.25) is 0 Å². The monoisotopic (exact) mass is 169 g/mol. The number of fused-ring (bicyclic) bond motifs is 1. The van der Waals surface area contributed by atoms with Crippen LogP contribution in [0.25, 0.3) is 5.52 Å². The Morgan fingerprint density at radius 1 is 1.62 bits per heavy atom. The Balaban J connectivity index is 2.93. The number of hydrogen-bond donors (Lipinski definition) is 0. The first kappa shape index (κ1) is 7.56. The molecule has 2 rings (SSSR count). The molecule has 0 saturated carbocycles. The normalized spacial score (nSPS) is 9.77. The summed E-state index contributed by atoms with van der Waals surface area (Å²) in [5.74, 6) is 2.58. The highest BCUT2D eigenvalue weighted by molar-refractivity contribution is 5.77. The van der Waals surface area contributed by atoms with E-state index in [-0.39, 0.29) is 0 Å². The summed E-state index contributed by atoms with van der Waals surface area (Å²) < 4.78 is 1.69. The Kier molecular flexibility index (Phi) is 1.60. The Bertz CT molecular complexity index is 502. The predicted molar refractivity (Wildman–Crippen MR) is 52.3 cm³/mol. The Morgan fingerprint density at radius 3 is 3.15 bits per heavy atom. The summed E-state index contributed by atoms with van der Waals surface area (Å²) in [6, 6.07) is 3.70. The molecular formula is C10H7N3. The second-order valence-corrected chi connectivity index (χ2v) is 2.55. The summed E-state index contributed by atoms with van der Waals surface area (Å²) in [5, 5.41) is 4.09. The lowest BCUT2D eigenvalue weighted by Gasteiger charge is -1.96.